The van der Waals surface area contributed by atoms with Gasteiger partial charge in [0.1, 0.15) is 10.8 Å². The molecule has 2 aromatic carbocycles. The van der Waals surface area contributed by atoms with Crippen LogP contribution in [0.5, 0.6) is 5.75 Å². The zero-order valence-corrected chi connectivity index (χ0v) is 15.0. The summed E-state index contributed by atoms with van der Waals surface area (Å²) in [6.07, 6.45) is 3.29. The molecule has 2 heterocycles. The fourth-order valence-electron chi connectivity index (χ4n) is 2.89. The molecule has 4 rings (SSSR count). The Kier molecular flexibility index (Phi) is 4.88. The van der Waals surface area contributed by atoms with Crippen molar-refractivity contribution < 1.29 is 4.74 Å². The number of rotatable bonds is 0. The maximum absolute atomic E-state index is 6.23. The highest BCUT2D eigenvalue weighted by atomic mass is 35.5. The van der Waals surface area contributed by atoms with Gasteiger partial charge in [0.15, 0.2) is 5.82 Å². The van der Waals surface area contributed by atoms with Crippen LogP contribution in [-0.4, -0.2) is 23.1 Å². The maximum atomic E-state index is 6.23. The van der Waals surface area contributed by atoms with Gasteiger partial charge in [0.05, 0.1) is 12.8 Å². The van der Waals surface area contributed by atoms with E-state index in [0.717, 1.165) is 30.8 Å². The summed E-state index contributed by atoms with van der Waals surface area (Å²) in [6.45, 7) is 1.35. The van der Waals surface area contributed by atoms with Gasteiger partial charge in [-0.1, -0.05) is 35.9 Å². The minimum absolute atomic E-state index is 0.502. The number of benzene rings is 2. The zero-order valence-electron chi connectivity index (χ0n) is 14.2. The number of halogens is 1. The first-order valence-electron chi connectivity index (χ1n) is 8.60. The van der Waals surface area contributed by atoms with Crippen molar-refractivity contribution in [2.45, 2.75) is 12.8 Å². The first-order valence-corrected chi connectivity index (χ1v) is 8.98. The van der Waals surface area contributed by atoms with Crippen molar-refractivity contribution >= 4 is 29.1 Å². The molecular weight excluding hydrogens is 348 g/mol. The molecule has 0 radical (unpaired) electrons. The van der Waals surface area contributed by atoms with Gasteiger partial charge in [-0.2, -0.15) is 4.98 Å². The quantitative estimate of drug-likeness (QED) is 0.615. The third-order valence-corrected chi connectivity index (χ3v) is 4.47. The Morgan fingerprint density at radius 1 is 1.00 bits per heavy atom. The van der Waals surface area contributed by atoms with Gasteiger partial charge in [-0.15, -0.1) is 0 Å². The van der Waals surface area contributed by atoms with E-state index in [1.54, 1.807) is 6.20 Å². The Morgan fingerprint density at radius 2 is 1.85 bits per heavy atom. The van der Waals surface area contributed by atoms with Crippen LogP contribution in [0.25, 0.3) is 0 Å². The van der Waals surface area contributed by atoms with E-state index in [1.807, 2.05) is 24.3 Å². The minimum Gasteiger partial charge on any atom is -0.493 e. The van der Waals surface area contributed by atoms with Crippen LogP contribution in [0.4, 0.5) is 17.5 Å². The highest BCUT2D eigenvalue weighted by molar-refractivity contribution is 6.32. The third kappa shape index (κ3) is 4.06. The van der Waals surface area contributed by atoms with Crippen LogP contribution < -0.4 is 15.4 Å². The van der Waals surface area contributed by atoms with Crippen molar-refractivity contribution in [2.24, 2.45) is 0 Å². The Hall–Kier alpha value is -2.79. The molecule has 0 amide bonds. The van der Waals surface area contributed by atoms with Gasteiger partial charge in [-0.05, 0) is 41.8 Å². The van der Waals surface area contributed by atoms with Crippen molar-refractivity contribution in [1.29, 1.82) is 0 Å². The monoisotopic (exact) mass is 366 g/mol. The normalized spacial score (nSPS) is 13.9. The molecule has 1 aliphatic heterocycles. The van der Waals surface area contributed by atoms with E-state index in [2.05, 4.69) is 44.9 Å². The molecule has 132 valence electrons. The van der Waals surface area contributed by atoms with Crippen molar-refractivity contribution in [3.63, 3.8) is 0 Å². The van der Waals surface area contributed by atoms with Crippen molar-refractivity contribution in [3.8, 4) is 5.75 Å². The second-order valence-corrected chi connectivity index (χ2v) is 6.55. The first kappa shape index (κ1) is 16.7. The average Bonchev–Trinajstić information content (AvgIpc) is 2.64. The molecule has 0 unspecified atom stereocenters. The van der Waals surface area contributed by atoms with Crippen LogP contribution in [0.3, 0.4) is 0 Å². The molecule has 0 saturated carbocycles. The Bertz CT molecular complexity index is 916. The summed E-state index contributed by atoms with van der Waals surface area (Å²) >= 11 is 6.23. The molecule has 0 saturated heterocycles. The molecule has 6 heteroatoms. The van der Waals surface area contributed by atoms with Gasteiger partial charge in [0.25, 0.3) is 0 Å². The summed E-state index contributed by atoms with van der Waals surface area (Å²) in [5.74, 6) is 2.03. The van der Waals surface area contributed by atoms with Crippen LogP contribution >= 0.6 is 11.6 Å². The zero-order chi connectivity index (χ0) is 17.8. The molecule has 1 aromatic heterocycles. The van der Waals surface area contributed by atoms with E-state index in [0.29, 0.717) is 23.4 Å². The largest absolute Gasteiger partial charge is 0.493 e. The summed E-state index contributed by atoms with van der Waals surface area (Å²) in [7, 11) is 0. The number of anilines is 3. The predicted octanol–water partition coefficient (Wildman–Crippen LogP) is 4.46. The van der Waals surface area contributed by atoms with Crippen LogP contribution in [0.1, 0.15) is 11.1 Å². The summed E-state index contributed by atoms with van der Waals surface area (Å²) in [4.78, 5) is 8.76. The number of aromatic nitrogens is 2. The SMILES string of the molecule is Clc1cnc2nc1NCCc1cccc(c1)OCCc1cccc(c1)N2. The fourth-order valence-corrected chi connectivity index (χ4v) is 3.05. The van der Waals surface area contributed by atoms with Gasteiger partial charge in [-0.3, -0.25) is 0 Å². The summed E-state index contributed by atoms with van der Waals surface area (Å²) < 4.78 is 5.92. The van der Waals surface area contributed by atoms with E-state index >= 15 is 0 Å². The van der Waals surface area contributed by atoms with Gasteiger partial charge < -0.3 is 15.4 Å². The van der Waals surface area contributed by atoms with Gasteiger partial charge in [0.2, 0.25) is 5.95 Å². The number of fused-ring (bicyclic) bond motifs is 6. The summed E-state index contributed by atoms with van der Waals surface area (Å²) in [5.41, 5.74) is 3.32. The second-order valence-electron chi connectivity index (χ2n) is 6.14. The molecule has 0 atom stereocenters. The van der Waals surface area contributed by atoms with Crippen LogP contribution in [0, 0.1) is 0 Å². The van der Waals surface area contributed by atoms with E-state index in [9.17, 15) is 0 Å². The van der Waals surface area contributed by atoms with Crippen molar-refractivity contribution in [2.75, 3.05) is 23.8 Å². The molecule has 3 aromatic rings. The fraction of sp³-hybridized carbons (Fsp3) is 0.200. The number of hydrogen-bond acceptors (Lipinski definition) is 5. The number of ether oxygens (including phenoxy) is 1. The molecule has 2 N–H and O–H groups in total. The lowest BCUT2D eigenvalue weighted by molar-refractivity contribution is 0.321. The van der Waals surface area contributed by atoms with Crippen molar-refractivity contribution in [1.82, 2.24) is 9.97 Å². The van der Waals surface area contributed by atoms with Crippen molar-refractivity contribution in [3.05, 3.63) is 70.9 Å². The third-order valence-electron chi connectivity index (χ3n) is 4.19. The number of hydrogen-bond donors (Lipinski definition) is 2. The lowest BCUT2D eigenvalue weighted by atomic mass is 10.1. The molecular formula is C20H19ClN4O. The van der Waals surface area contributed by atoms with Gasteiger partial charge in [-0.25, -0.2) is 4.98 Å². The standard InChI is InChI=1S/C20H19ClN4O/c21-18-13-23-20-24-16-5-1-3-15(11-16)8-10-26-17-6-2-4-14(12-17)7-9-22-19(18)25-20/h1-6,11-13H,7-10H2,(H2,22,23,24,25). The maximum Gasteiger partial charge on any atom is 0.229 e. The highest BCUT2D eigenvalue weighted by Gasteiger charge is 2.07. The van der Waals surface area contributed by atoms with E-state index < -0.39 is 0 Å². The topological polar surface area (TPSA) is 59.1 Å². The summed E-state index contributed by atoms with van der Waals surface area (Å²) in [6, 6.07) is 16.4. The summed E-state index contributed by atoms with van der Waals surface area (Å²) in [5, 5.41) is 7.03. The minimum atomic E-state index is 0.502. The molecule has 0 fully saturated rings. The van der Waals surface area contributed by atoms with E-state index in [1.165, 1.54) is 11.1 Å². The smallest absolute Gasteiger partial charge is 0.229 e. The number of nitrogens with one attached hydrogen (secondary N) is 2. The van der Waals surface area contributed by atoms with Gasteiger partial charge >= 0.3 is 0 Å². The Balaban J connectivity index is 1.66. The number of nitrogens with zero attached hydrogens (tertiary/aromatic N) is 2. The highest BCUT2D eigenvalue weighted by Crippen LogP contribution is 2.23. The molecule has 26 heavy (non-hydrogen) atoms. The lowest BCUT2D eigenvalue weighted by Crippen LogP contribution is -2.09. The molecule has 0 aliphatic carbocycles. The molecule has 5 nitrogen and oxygen atoms in total. The van der Waals surface area contributed by atoms with Crippen LogP contribution in [-0.2, 0) is 12.8 Å². The Labute approximate surface area is 157 Å². The molecule has 6 bridgehead atoms. The Morgan fingerprint density at radius 3 is 2.77 bits per heavy atom. The lowest BCUT2D eigenvalue weighted by Gasteiger charge is -2.13. The van der Waals surface area contributed by atoms with Gasteiger partial charge in [0, 0.05) is 18.7 Å². The van der Waals surface area contributed by atoms with E-state index in [-0.39, 0.29) is 0 Å². The predicted molar refractivity (Wildman–Crippen MR) is 105 cm³/mol. The first-order chi connectivity index (χ1) is 12.8. The second kappa shape index (κ2) is 7.62. The van der Waals surface area contributed by atoms with Crippen LogP contribution in [0.2, 0.25) is 5.02 Å². The molecule has 1 aliphatic rings. The molecule has 0 spiro atoms. The average molecular weight is 367 g/mol. The van der Waals surface area contributed by atoms with E-state index in [4.69, 9.17) is 16.3 Å². The van der Waals surface area contributed by atoms with Crippen LogP contribution in [0.15, 0.2) is 54.7 Å².